The number of rotatable bonds is 5. The molecule has 2 heteroatoms. The number of halogens is 2. The molecule has 0 bridgehead atoms. The maximum Gasteiger partial charge on any atom is 0.0175 e. The first-order valence-corrected chi connectivity index (χ1v) is 11.8. The third kappa shape index (κ3) is 4.77. The normalized spacial score (nSPS) is 13.1. The van der Waals surface area contributed by atoms with Crippen LogP contribution in [-0.2, 0) is 0 Å². The minimum Gasteiger partial charge on any atom is -0.0581 e. The van der Waals surface area contributed by atoms with Crippen LogP contribution in [0, 0.1) is 0 Å². The first kappa shape index (κ1) is 21.1. The molecule has 0 saturated heterocycles. The first-order chi connectivity index (χ1) is 14.5. The predicted molar refractivity (Wildman–Crippen MR) is 136 cm³/mol. The number of hydrogen-bond acceptors (Lipinski definition) is 0. The Morgan fingerprint density at radius 3 is 0.900 bits per heavy atom. The minimum atomic E-state index is 0.447. The summed E-state index contributed by atoms with van der Waals surface area (Å²) in [5, 5.41) is 0. The molecule has 30 heavy (non-hydrogen) atoms. The molecule has 0 N–H and O–H groups in total. The molecule has 0 aromatic heterocycles. The molecule has 0 amide bonds. The van der Waals surface area contributed by atoms with E-state index in [1.54, 1.807) is 0 Å². The van der Waals surface area contributed by atoms with E-state index >= 15 is 0 Å². The average Bonchev–Trinajstić information content (AvgIpc) is 2.79. The van der Waals surface area contributed by atoms with Crippen LogP contribution in [0.4, 0.5) is 0 Å². The monoisotopic (exact) mass is 518 g/mol. The third-order valence-electron chi connectivity index (χ3n) is 5.98. The SMILES string of the molecule is CC(c1ccc(-c2ccc(Br)cc2)cc1)C(C)c1ccc(-c2ccc(Br)cc2)cc1. The Balaban J connectivity index is 1.49. The van der Waals surface area contributed by atoms with Crippen molar-refractivity contribution in [2.24, 2.45) is 0 Å². The van der Waals surface area contributed by atoms with Gasteiger partial charge in [-0.2, -0.15) is 0 Å². The topological polar surface area (TPSA) is 0 Å². The van der Waals surface area contributed by atoms with E-state index in [-0.39, 0.29) is 0 Å². The predicted octanol–water partition coefficient (Wildman–Crippen LogP) is 9.45. The molecule has 0 aliphatic heterocycles. The fourth-order valence-electron chi connectivity index (χ4n) is 3.82. The van der Waals surface area contributed by atoms with Gasteiger partial charge in [0.15, 0.2) is 0 Å². The van der Waals surface area contributed by atoms with Gasteiger partial charge in [0.2, 0.25) is 0 Å². The van der Waals surface area contributed by atoms with Crippen molar-refractivity contribution < 1.29 is 0 Å². The Hall–Kier alpha value is -2.16. The summed E-state index contributed by atoms with van der Waals surface area (Å²) < 4.78 is 2.22. The number of hydrogen-bond donors (Lipinski definition) is 0. The summed E-state index contributed by atoms with van der Waals surface area (Å²) in [5.41, 5.74) is 7.75. The highest BCUT2D eigenvalue weighted by molar-refractivity contribution is 9.10. The van der Waals surface area contributed by atoms with E-state index in [1.807, 2.05) is 0 Å². The smallest absolute Gasteiger partial charge is 0.0175 e. The standard InChI is InChI=1S/C28H24Br2/c1-19(21-3-7-23(8-4-21)25-11-15-27(29)16-12-25)20(2)22-5-9-24(10-6-22)26-13-17-28(30)18-14-26/h3-20H,1-2H3. The van der Waals surface area contributed by atoms with E-state index in [4.69, 9.17) is 0 Å². The van der Waals surface area contributed by atoms with E-state index in [9.17, 15) is 0 Å². The van der Waals surface area contributed by atoms with Gasteiger partial charge in [-0.3, -0.25) is 0 Å². The second-order valence-electron chi connectivity index (χ2n) is 7.84. The molecule has 0 saturated carbocycles. The summed E-state index contributed by atoms with van der Waals surface area (Å²) >= 11 is 7.01. The first-order valence-electron chi connectivity index (χ1n) is 10.2. The van der Waals surface area contributed by atoms with Crippen LogP contribution in [0.3, 0.4) is 0 Å². The zero-order valence-corrected chi connectivity index (χ0v) is 20.3. The van der Waals surface area contributed by atoms with Crippen molar-refractivity contribution >= 4 is 31.9 Å². The molecule has 0 heterocycles. The molecule has 0 aliphatic carbocycles. The van der Waals surface area contributed by atoms with Gasteiger partial charge in [-0.1, -0.05) is 119 Å². The molecule has 2 atom stereocenters. The van der Waals surface area contributed by atoms with E-state index in [2.05, 4.69) is 143 Å². The fourth-order valence-corrected chi connectivity index (χ4v) is 4.35. The van der Waals surface area contributed by atoms with Gasteiger partial charge in [0.05, 0.1) is 0 Å². The maximum absolute atomic E-state index is 3.51. The summed E-state index contributed by atoms with van der Waals surface area (Å²) in [6.07, 6.45) is 0. The molecule has 4 aromatic carbocycles. The summed E-state index contributed by atoms with van der Waals surface area (Å²) in [7, 11) is 0. The van der Waals surface area contributed by atoms with Crippen molar-refractivity contribution in [1.82, 2.24) is 0 Å². The lowest BCUT2D eigenvalue weighted by Gasteiger charge is -2.21. The van der Waals surface area contributed by atoms with Crippen LogP contribution in [0.5, 0.6) is 0 Å². The molecule has 0 aliphatic rings. The van der Waals surface area contributed by atoms with Crippen LogP contribution in [0.1, 0.15) is 36.8 Å². The van der Waals surface area contributed by atoms with Crippen LogP contribution < -0.4 is 0 Å². The molecule has 4 rings (SSSR count). The molecule has 2 unspecified atom stereocenters. The molecule has 0 spiro atoms. The van der Waals surface area contributed by atoms with Crippen molar-refractivity contribution in [3.05, 3.63) is 117 Å². The van der Waals surface area contributed by atoms with Gasteiger partial charge >= 0.3 is 0 Å². The van der Waals surface area contributed by atoms with Crippen molar-refractivity contribution in [2.75, 3.05) is 0 Å². The fraction of sp³-hybridized carbons (Fsp3) is 0.143. The highest BCUT2D eigenvalue weighted by atomic mass is 79.9. The highest BCUT2D eigenvalue weighted by Crippen LogP contribution is 2.34. The second kappa shape index (κ2) is 9.32. The van der Waals surface area contributed by atoms with Crippen molar-refractivity contribution in [1.29, 1.82) is 0 Å². The van der Waals surface area contributed by atoms with Crippen molar-refractivity contribution in [3.63, 3.8) is 0 Å². The third-order valence-corrected chi connectivity index (χ3v) is 7.04. The zero-order chi connectivity index (χ0) is 21.1. The van der Waals surface area contributed by atoms with Gasteiger partial charge in [0.1, 0.15) is 0 Å². The zero-order valence-electron chi connectivity index (χ0n) is 17.1. The van der Waals surface area contributed by atoms with Gasteiger partial charge in [-0.25, -0.2) is 0 Å². The van der Waals surface area contributed by atoms with Crippen LogP contribution in [0.25, 0.3) is 22.3 Å². The van der Waals surface area contributed by atoms with Crippen molar-refractivity contribution in [2.45, 2.75) is 25.7 Å². The largest absolute Gasteiger partial charge is 0.0581 e. The van der Waals surface area contributed by atoms with E-state index in [1.165, 1.54) is 33.4 Å². The highest BCUT2D eigenvalue weighted by Gasteiger charge is 2.16. The summed E-state index contributed by atoms with van der Waals surface area (Å²) in [6.45, 7) is 4.64. The van der Waals surface area contributed by atoms with Crippen LogP contribution >= 0.6 is 31.9 Å². The van der Waals surface area contributed by atoms with E-state index < -0.39 is 0 Å². The Bertz CT molecular complexity index is 1000. The van der Waals surface area contributed by atoms with Crippen LogP contribution in [0.2, 0.25) is 0 Å². The van der Waals surface area contributed by atoms with Gasteiger partial charge in [-0.05, 0) is 69.5 Å². The molecule has 4 aromatic rings. The average molecular weight is 520 g/mol. The summed E-state index contributed by atoms with van der Waals surface area (Å²) in [6, 6.07) is 35.0. The second-order valence-corrected chi connectivity index (χ2v) is 9.67. The molecule has 0 nitrogen and oxygen atoms in total. The maximum atomic E-state index is 3.51. The molecule has 0 radical (unpaired) electrons. The van der Waals surface area contributed by atoms with Gasteiger partial charge in [0.25, 0.3) is 0 Å². The van der Waals surface area contributed by atoms with Gasteiger partial charge in [-0.15, -0.1) is 0 Å². The summed E-state index contributed by atoms with van der Waals surface area (Å²) in [4.78, 5) is 0. The van der Waals surface area contributed by atoms with Crippen molar-refractivity contribution in [3.8, 4) is 22.3 Å². The molecule has 150 valence electrons. The quantitative estimate of drug-likeness (QED) is 0.246. The summed E-state index contributed by atoms with van der Waals surface area (Å²) in [5.74, 6) is 0.894. The Kier molecular flexibility index (Phi) is 6.55. The molecular weight excluding hydrogens is 496 g/mol. The Morgan fingerprint density at radius 1 is 0.400 bits per heavy atom. The molecular formula is C28H24Br2. The molecule has 0 fully saturated rings. The number of benzene rings is 4. The van der Waals surface area contributed by atoms with Crippen LogP contribution in [0.15, 0.2) is 106 Å². The van der Waals surface area contributed by atoms with Gasteiger partial charge in [0, 0.05) is 8.95 Å². The lowest BCUT2D eigenvalue weighted by atomic mass is 9.83. The van der Waals surface area contributed by atoms with E-state index in [0.717, 1.165) is 8.95 Å². The minimum absolute atomic E-state index is 0.447. The Morgan fingerprint density at radius 2 is 0.633 bits per heavy atom. The Labute approximate surface area is 196 Å². The van der Waals surface area contributed by atoms with Gasteiger partial charge < -0.3 is 0 Å². The lowest BCUT2D eigenvalue weighted by Crippen LogP contribution is -2.04. The van der Waals surface area contributed by atoms with Crippen LogP contribution in [-0.4, -0.2) is 0 Å². The van der Waals surface area contributed by atoms with E-state index in [0.29, 0.717) is 11.8 Å². The lowest BCUT2D eigenvalue weighted by molar-refractivity contribution is 0.624.